The van der Waals surface area contributed by atoms with Crippen molar-refractivity contribution >= 4 is 11.8 Å². The zero-order valence-electron chi connectivity index (χ0n) is 19.4. The fraction of sp³-hybridized carbons (Fsp3) is 0.615. The average molecular weight is 438 g/mol. The summed E-state index contributed by atoms with van der Waals surface area (Å²) >= 11 is 0. The minimum absolute atomic E-state index is 0.0616. The van der Waals surface area contributed by atoms with E-state index in [1.807, 2.05) is 18.2 Å². The maximum atomic E-state index is 13.0. The van der Waals surface area contributed by atoms with Crippen LogP contribution in [0, 0.1) is 5.41 Å². The van der Waals surface area contributed by atoms with Gasteiger partial charge < -0.3 is 15.0 Å². The molecule has 1 N–H and O–H groups in total. The Labute approximate surface area is 191 Å². The predicted octanol–water partition coefficient (Wildman–Crippen LogP) is 3.86. The molecule has 0 bridgehead atoms. The number of hydrogen-bond donors (Lipinski definition) is 1. The second-order valence-corrected chi connectivity index (χ2v) is 10.8. The van der Waals surface area contributed by atoms with E-state index in [1.54, 1.807) is 4.90 Å². The van der Waals surface area contributed by atoms with Crippen molar-refractivity contribution in [1.29, 1.82) is 0 Å². The second-order valence-electron chi connectivity index (χ2n) is 10.8. The van der Waals surface area contributed by atoms with Crippen LogP contribution in [-0.2, 0) is 11.3 Å². The highest BCUT2D eigenvalue weighted by molar-refractivity contribution is 6.01. The molecule has 3 aliphatic heterocycles. The molecule has 1 aliphatic carbocycles. The van der Waals surface area contributed by atoms with Crippen molar-refractivity contribution in [3.05, 3.63) is 41.6 Å². The van der Waals surface area contributed by atoms with E-state index in [-0.39, 0.29) is 17.9 Å². The third kappa shape index (κ3) is 4.05. The van der Waals surface area contributed by atoms with Crippen molar-refractivity contribution in [2.45, 2.75) is 83.5 Å². The largest absolute Gasteiger partial charge is 0.489 e. The number of carbonyl (C=O) groups excluding carboxylic acids is 2. The molecule has 3 atom stereocenters. The van der Waals surface area contributed by atoms with Crippen LogP contribution >= 0.6 is 0 Å². The number of fused-ring (bicyclic) bond motifs is 1. The van der Waals surface area contributed by atoms with Gasteiger partial charge in [0.2, 0.25) is 5.91 Å². The van der Waals surface area contributed by atoms with E-state index in [2.05, 4.69) is 30.6 Å². The molecular weight excluding hydrogens is 402 g/mol. The molecule has 0 aromatic heterocycles. The van der Waals surface area contributed by atoms with Crippen molar-refractivity contribution in [3.8, 4) is 5.75 Å². The molecule has 172 valence electrons. The van der Waals surface area contributed by atoms with Crippen molar-refractivity contribution in [3.63, 3.8) is 0 Å². The molecule has 6 nitrogen and oxygen atoms in total. The lowest BCUT2D eigenvalue weighted by Gasteiger charge is -2.42. The molecule has 1 unspecified atom stereocenters. The highest BCUT2D eigenvalue weighted by atomic mass is 16.5. The summed E-state index contributed by atoms with van der Waals surface area (Å²) < 4.78 is 6.52. The van der Waals surface area contributed by atoms with E-state index in [4.69, 9.17) is 4.74 Å². The number of amides is 2. The van der Waals surface area contributed by atoms with Gasteiger partial charge in [-0.05, 0) is 80.7 Å². The highest BCUT2D eigenvalue weighted by Gasteiger charge is 2.40. The lowest BCUT2D eigenvalue weighted by atomic mass is 9.83. The number of carbonyl (C=O) groups is 2. The Kier molecular flexibility index (Phi) is 5.52. The molecule has 1 aromatic carbocycles. The molecule has 2 saturated heterocycles. The van der Waals surface area contributed by atoms with Crippen LogP contribution in [0.5, 0.6) is 5.75 Å². The Bertz CT molecular complexity index is 940. The first kappa shape index (κ1) is 21.5. The Hall–Kier alpha value is -2.34. The molecule has 3 heterocycles. The zero-order chi connectivity index (χ0) is 22.5. The maximum absolute atomic E-state index is 13.0. The number of nitrogens with one attached hydrogen (secondary N) is 1. The van der Waals surface area contributed by atoms with Crippen molar-refractivity contribution in [2.75, 3.05) is 13.1 Å². The van der Waals surface area contributed by atoms with Gasteiger partial charge >= 0.3 is 0 Å². The fourth-order valence-electron chi connectivity index (χ4n) is 6.09. The Morgan fingerprint density at radius 3 is 2.78 bits per heavy atom. The van der Waals surface area contributed by atoms with E-state index in [1.165, 1.54) is 25.7 Å². The molecule has 2 amide bonds. The zero-order valence-corrected chi connectivity index (χ0v) is 19.4. The van der Waals surface area contributed by atoms with Crippen LogP contribution in [0.2, 0.25) is 0 Å². The van der Waals surface area contributed by atoms with Crippen molar-refractivity contribution < 1.29 is 14.3 Å². The smallest absolute Gasteiger partial charge is 0.255 e. The number of allylic oxidation sites excluding steroid dienone is 1. The monoisotopic (exact) mass is 437 g/mol. The number of nitrogens with zero attached hydrogens (tertiary/aromatic N) is 2. The van der Waals surface area contributed by atoms with E-state index < -0.39 is 6.04 Å². The lowest BCUT2D eigenvalue weighted by molar-refractivity contribution is -0.126. The van der Waals surface area contributed by atoms with Crippen LogP contribution in [0.15, 0.2) is 30.5 Å². The first-order valence-electron chi connectivity index (χ1n) is 12.1. The van der Waals surface area contributed by atoms with Gasteiger partial charge in [0, 0.05) is 30.4 Å². The first-order chi connectivity index (χ1) is 15.3. The quantitative estimate of drug-likeness (QED) is 0.777. The average Bonchev–Trinajstić information content (AvgIpc) is 3.32. The summed E-state index contributed by atoms with van der Waals surface area (Å²) in [5.74, 6) is 0.652. The van der Waals surface area contributed by atoms with Gasteiger partial charge in [-0.1, -0.05) is 20.4 Å². The van der Waals surface area contributed by atoms with Crippen LogP contribution in [0.3, 0.4) is 0 Å². The van der Waals surface area contributed by atoms with E-state index in [9.17, 15) is 9.59 Å². The third-order valence-electron chi connectivity index (χ3n) is 7.71. The number of ether oxygens (including phenoxy) is 1. The Balaban J connectivity index is 1.28. The van der Waals surface area contributed by atoms with Gasteiger partial charge in [0.15, 0.2) is 0 Å². The van der Waals surface area contributed by atoms with Gasteiger partial charge in [-0.3, -0.25) is 14.5 Å². The van der Waals surface area contributed by atoms with Gasteiger partial charge in [-0.2, -0.15) is 0 Å². The van der Waals surface area contributed by atoms with Gasteiger partial charge in [0.1, 0.15) is 17.9 Å². The number of piperidine rings is 2. The minimum Gasteiger partial charge on any atom is -0.489 e. The topological polar surface area (TPSA) is 61.9 Å². The lowest BCUT2D eigenvalue weighted by Crippen LogP contribution is -2.49. The predicted molar refractivity (Wildman–Crippen MR) is 123 cm³/mol. The van der Waals surface area contributed by atoms with Crippen LogP contribution in [0.1, 0.15) is 74.7 Å². The SMILES string of the molecule is C=C1CCC(N2Cc3cc(O[C@@H]4CCC[C@H]4N4CCCC(C)(C)C4)ccc3C2=O)C(=O)N1. The van der Waals surface area contributed by atoms with Crippen LogP contribution in [0.4, 0.5) is 0 Å². The van der Waals surface area contributed by atoms with Gasteiger partial charge in [-0.15, -0.1) is 0 Å². The minimum atomic E-state index is -0.425. The summed E-state index contributed by atoms with van der Waals surface area (Å²) in [6.07, 6.45) is 7.57. The van der Waals surface area contributed by atoms with E-state index in [0.717, 1.165) is 36.5 Å². The summed E-state index contributed by atoms with van der Waals surface area (Å²) in [5, 5.41) is 2.80. The molecular formula is C26H35N3O3. The molecule has 3 fully saturated rings. The number of rotatable bonds is 4. The van der Waals surface area contributed by atoms with E-state index in [0.29, 0.717) is 36.4 Å². The summed E-state index contributed by atoms with van der Waals surface area (Å²) in [4.78, 5) is 29.7. The van der Waals surface area contributed by atoms with Crippen molar-refractivity contribution in [1.82, 2.24) is 15.1 Å². The molecule has 5 rings (SSSR count). The molecule has 6 heteroatoms. The van der Waals surface area contributed by atoms with Crippen LogP contribution < -0.4 is 10.1 Å². The van der Waals surface area contributed by atoms with Crippen molar-refractivity contribution in [2.24, 2.45) is 5.41 Å². The van der Waals surface area contributed by atoms with Crippen LogP contribution in [0.25, 0.3) is 0 Å². The third-order valence-corrected chi connectivity index (χ3v) is 7.71. The second kappa shape index (κ2) is 8.22. The molecule has 1 saturated carbocycles. The van der Waals surface area contributed by atoms with Crippen LogP contribution in [-0.4, -0.2) is 52.9 Å². The molecule has 32 heavy (non-hydrogen) atoms. The maximum Gasteiger partial charge on any atom is 0.255 e. The number of benzene rings is 1. The highest BCUT2D eigenvalue weighted by Crippen LogP contribution is 2.36. The standard InChI is InChI=1S/C26H35N3O3/c1-17-8-11-22(24(30)27-17)29-15-18-14-19(9-10-20(18)25(29)31)32-23-7-4-6-21(23)28-13-5-12-26(2,3)16-28/h9-10,14,21-23H,1,4-8,11-13,15-16H2,2-3H3,(H,27,30)/t21-,22?,23-/m1/s1. The summed E-state index contributed by atoms with van der Waals surface area (Å²) in [6, 6.07) is 5.87. The Morgan fingerprint density at radius 2 is 2.00 bits per heavy atom. The molecule has 0 spiro atoms. The van der Waals surface area contributed by atoms with Gasteiger partial charge in [0.25, 0.3) is 5.91 Å². The van der Waals surface area contributed by atoms with Gasteiger partial charge in [-0.25, -0.2) is 0 Å². The fourth-order valence-corrected chi connectivity index (χ4v) is 6.09. The summed E-state index contributed by atoms with van der Waals surface area (Å²) in [7, 11) is 0. The summed E-state index contributed by atoms with van der Waals surface area (Å²) in [6.45, 7) is 11.3. The number of hydrogen-bond acceptors (Lipinski definition) is 4. The molecule has 4 aliphatic rings. The first-order valence-corrected chi connectivity index (χ1v) is 12.1. The van der Waals surface area contributed by atoms with Gasteiger partial charge in [0.05, 0.1) is 0 Å². The molecule has 1 aromatic rings. The normalized spacial score (nSPS) is 30.4. The Morgan fingerprint density at radius 1 is 1.16 bits per heavy atom. The van der Waals surface area contributed by atoms with E-state index >= 15 is 0 Å². The summed E-state index contributed by atoms with van der Waals surface area (Å²) in [5.41, 5.74) is 2.75. The number of likely N-dealkylation sites (tertiary alicyclic amines) is 1. The molecule has 0 radical (unpaired) electrons.